The first-order valence-corrected chi connectivity index (χ1v) is 16.3. The molecule has 0 unspecified atom stereocenters. The summed E-state index contributed by atoms with van der Waals surface area (Å²) in [5.41, 5.74) is 10.4. The molecular weight excluding hydrogens is 578 g/mol. The van der Waals surface area contributed by atoms with Gasteiger partial charge in [-0.05, 0) is 104 Å². The van der Waals surface area contributed by atoms with Crippen LogP contribution in [0.5, 0.6) is 0 Å². The van der Waals surface area contributed by atoms with E-state index in [2.05, 4.69) is 67.1 Å². The number of H-pyrrole nitrogens is 1. The number of carbonyl (C=O) groups excluding carboxylic acids is 2. The van der Waals surface area contributed by atoms with E-state index in [1.165, 1.54) is 0 Å². The maximum absolute atomic E-state index is 13.8. The number of benzene rings is 2. The molecule has 6 rings (SSSR count). The molecule has 2 fully saturated rings. The second-order valence-corrected chi connectivity index (χ2v) is 12.7. The fourth-order valence-electron chi connectivity index (χ4n) is 6.56. The quantitative estimate of drug-likeness (QED) is 0.224. The molecule has 3 heterocycles. The van der Waals surface area contributed by atoms with Gasteiger partial charge in [0.05, 0.1) is 0 Å². The van der Waals surface area contributed by atoms with E-state index in [-0.39, 0.29) is 24.0 Å². The highest BCUT2D eigenvalue weighted by molar-refractivity contribution is 5.96. The zero-order chi connectivity index (χ0) is 31.9. The standard InChI is InChI=1S/C35H43N9O2/c1-43-15-17-44(18-16-43)33-14-11-29(23-37-33)28-4-2-3-25(19-28)20-30(21-32(45)26-7-5-24(22-36)6-8-26)35(46)38-31-12-9-27(10-13-31)34-39-41-42-40-34/h2-4,9-14,19,23-24,26,30H,5-8,15-18,20-22,36H2,1H3,(H,38,46)(H,39,40,41,42)/t24?,26?,30-/m1/s1. The number of aromatic nitrogens is 5. The van der Waals surface area contributed by atoms with Gasteiger partial charge in [-0.25, -0.2) is 4.98 Å². The first kappa shape index (κ1) is 31.5. The first-order chi connectivity index (χ1) is 22.4. The van der Waals surface area contributed by atoms with Crippen molar-refractivity contribution in [1.29, 1.82) is 0 Å². The molecule has 1 atom stereocenters. The summed E-state index contributed by atoms with van der Waals surface area (Å²) in [5, 5.41) is 17.1. The summed E-state index contributed by atoms with van der Waals surface area (Å²) in [6, 6.07) is 19.7. The lowest BCUT2D eigenvalue weighted by atomic mass is 9.77. The Hall–Kier alpha value is -4.48. The maximum atomic E-state index is 13.8. The van der Waals surface area contributed by atoms with Crippen LogP contribution in [0.4, 0.5) is 11.5 Å². The van der Waals surface area contributed by atoms with Crippen molar-refractivity contribution in [3.8, 4) is 22.5 Å². The van der Waals surface area contributed by atoms with E-state index in [9.17, 15) is 9.59 Å². The van der Waals surface area contributed by atoms with Crippen molar-refractivity contribution in [1.82, 2.24) is 30.5 Å². The highest BCUT2D eigenvalue weighted by Crippen LogP contribution is 2.31. The highest BCUT2D eigenvalue weighted by atomic mass is 16.2. The fraction of sp³-hybridized carbons (Fsp3) is 0.429. The van der Waals surface area contributed by atoms with Crippen molar-refractivity contribution in [2.75, 3.05) is 50.0 Å². The summed E-state index contributed by atoms with van der Waals surface area (Å²) in [5.74, 6) is 1.45. The molecule has 1 aliphatic carbocycles. The summed E-state index contributed by atoms with van der Waals surface area (Å²) in [4.78, 5) is 36.7. The van der Waals surface area contributed by atoms with Crippen LogP contribution in [0.3, 0.4) is 0 Å². The predicted octanol–water partition coefficient (Wildman–Crippen LogP) is 4.20. The Morgan fingerprint density at radius 1 is 0.957 bits per heavy atom. The molecule has 1 aliphatic heterocycles. The molecule has 1 amide bonds. The van der Waals surface area contributed by atoms with E-state index in [0.29, 0.717) is 30.4 Å². The Labute approximate surface area is 270 Å². The van der Waals surface area contributed by atoms with Gasteiger partial charge in [-0.3, -0.25) is 9.59 Å². The average Bonchev–Trinajstić information content (AvgIpc) is 3.64. The van der Waals surface area contributed by atoms with E-state index in [1.807, 2.05) is 42.6 Å². The van der Waals surface area contributed by atoms with Crippen LogP contribution in [0, 0.1) is 17.8 Å². The predicted molar refractivity (Wildman–Crippen MR) is 179 cm³/mol. The Morgan fingerprint density at radius 2 is 1.72 bits per heavy atom. The number of nitrogens with one attached hydrogen (secondary N) is 2. The lowest BCUT2D eigenvalue weighted by molar-refractivity contribution is -0.129. The minimum absolute atomic E-state index is 0.0106. The molecule has 4 aromatic rings. The third-order valence-corrected chi connectivity index (χ3v) is 9.53. The molecule has 2 aromatic carbocycles. The molecule has 1 saturated heterocycles. The Balaban J connectivity index is 1.17. The minimum atomic E-state index is -0.510. The lowest BCUT2D eigenvalue weighted by Crippen LogP contribution is -2.44. The van der Waals surface area contributed by atoms with Gasteiger partial charge in [0.15, 0.2) is 0 Å². The number of amides is 1. The van der Waals surface area contributed by atoms with Crippen LogP contribution in [-0.4, -0.2) is 82.0 Å². The second-order valence-electron chi connectivity index (χ2n) is 12.7. The van der Waals surface area contributed by atoms with E-state index in [1.54, 1.807) is 0 Å². The van der Waals surface area contributed by atoms with Gasteiger partial charge < -0.3 is 20.9 Å². The highest BCUT2D eigenvalue weighted by Gasteiger charge is 2.30. The third kappa shape index (κ3) is 7.83. The van der Waals surface area contributed by atoms with Crippen molar-refractivity contribution in [2.45, 2.75) is 38.5 Å². The number of pyridine rings is 1. The molecule has 2 aliphatic rings. The van der Waals surface area contributed by atoms with Crippen molar-refractivity contribution in [3.63, 3.8) is 0 Å². The number of nitrogens with two attached hydrogens (primary N) is 1. The molecule has 0 radical (unpaired) electrons. The summed E-state index contributed by atoms with van der Waals surface area (Å²) >= 11 is 0. The fourth-order valence-corrected chi connectivity index (χ4v) is 6.56. The SMILES string of the molecule is CN1CCN(c2ccc(-c3cccc(C[C@H](CC(=O)C4CCC(CN)CC4)C(=O)Nc4ccc(-c5nn[nH]n5)cc4)c3)cn2)CC1. The molecule has 46 heavy (non-hydrogen) atoms. The van der Waals surface area contributed by atoms with Gasteiger partial charge in [-0.2, -0.15) is 5.21 Å². The Morgan fingerprint density at radius 3 is 2.39 bits per heavy atom. The van der Waals surface area contributed by atoms with Gasteiger partial charge in [-0.15, -0.1) is 10.2 Å². The molecule has 240 valence electrons. The van der Waals surface area contributed by atoms with E-state index >= 15 is 0 Å². The Bertz CT molecular complexity index is 1580. The van der Waals surface area contributed by atoms with Gasteiger partial charge in [0, 0.05) is 67.4 Å². The lowest BCUT2D eigenvalue weighted by Gasteiger charge is -2.33. The number of hydrogen-bond acceptors (Lipinski definition) is 9. The number of Topliss-reactive ketones (excluding diaryl/α,β-unsaturated/α-hetero) is 1. The Kier molecular flexibility index (Phi) is 10.1. The van der Waals surface area contributed by atoms with Gasteiger partial charge in [0.1, 0.15) is 11.6 Å². The van der Waals surface area contributed by atoms with Crippen LogP contribution in [0.15, 0.2) is 66.9 Å². The smallest absolute Gasteiger partial charge is 0.228 e. The van der Waals surface area contributed by atoms with Crippen LogP contribution in [-0.2, 0) is 16.0 Å². The van der Waals surface area contributed by atoms with Gasteiger partial charge in [-0.1, -0.05) is 24.3 Å². The monoisotopic (exact) mass is 621 g/mol. The van der Waals surface area contributed by atoms with Crippen LogP contribution in [0.1, 0.15) is 37.7 Å². The van der Waals surface area contributed by atoms with E-state index in [4.69, 9.17) is 10.7 Å². The average molecular weight is 622 g/mol. The van der Waals surface area contributed by atoms with Crippen LogP contribution < -0.4 is 16.0 Å². The largest absolute Gasteiger partial charge is 0.354 e. The van der Waals surface area contributed by atoms with Crippen molar-refractivity contribution in [2.24, 2.45) is 23.5 Å². The number of hydrogen-bond donors (Lipinski definition) is 3. The molecular formula is C35H43N9O2. The van der Waals surface area contributed by atoms with Crippen molar-refractivity contribution in [3.05, 3.63) is 72.4 Å². The maximum Gasteiger partial charge on any atom is 0.228 e. The normalized spacial score (nSPS) is 19.5. The van der Waals surface area contributed by atoms with Crippen LogP contribution in [0.25, 0.3) is 22.5 Å². The molecule has 11 nitrogen and oxygen atoms in total. The molecule has 0 spiro atoms. The summed E-state index contributed by atoms with van der Waals surface area (Å²) in [7, 11) is 2.15. The van der Waals surface area contributed by atoms with Crippen molar-refractivity contribution < 1.29 is 9.59 Å². The summed E-state index contributed by atoms with van der Waals surface area (Å²) < 4.78 is 0. The molecule has 1 saturated carbocycles. The number of anilines is 2. The van der Waals surface area contributed by atoms with Gasteiger partial charge in [0.25, 0.3) is 0 Å². The number of tetrazole rings is 1. The van der Waals surface area contributed by atoms with Crippen LogP contribution >= 0.6 is 0 Å². The van der Waals surface area contributed by atoms with Gasteiger partial charge >= 0.3 is 0 Å². The second kappa shape index (κ2) is 14.7. The number of likely N-dealkylation sites (N-methyl/N-ethyl adjacent to an activating group) is 1. The number of ketones is 1. The van der Waals surface area contributed by atoms with Crippen LogP contribution in [0.2, 0.25) is 0 Å². The number of aromatic amines is 1. The number of piperazine rings is 1. The number of nitrogens with zero attached hydrogens (tertiary/aromatic N) is 6. The summed E-state index contributed by atoms with van der Waals surface area (Å²) in [6.07, 6.45) is 6.22. The van der Waals surface area contributed by atoms with Gasteiger partial charge in [0.2, 0.25) is 11.7 Å². The molecule has 0 bridgehead atoms. The molecule has 2 aromatic heterocycles. The molecule has 11 heteroatoms. The first-order valence-electron chi connectivity index (χ1n) is 16.3. The number of rotatable bonds is 11. The van der Waals surface area contributed by atoms with E-state index < -0.39 is 5.92 Å². The van der Waals surface area contributed by atoms with Crippen molar-refractivity contribution >= 4 is 23.2 Å². The molecule has 4 N–H and O–H groups in total. The zero-order valence-electron chi connectivity index (χ0n) is 26.4. The summed E-state index contributed by atoms with van der Waals surface area (Å²) in [6.45, 7) is 4.67. The number of carbonyl (C=O) groups is 2. The minimum Gasteiger partial charge on any atom is -0.354 e. The third-order valence-electron chi connectivity index (χ3n) is 9.53. The topological polar surface area (TPSA) is 146 Å². The zero-order valence-corrected chi connectivity index (χ0v) is 26.4. The van der Waals surface area contributed by atoms with E-state index in [0.717, 1.165) is 79.9 Å².